The van der Waals surface area contributed by atoms with E-state index >= 15 is 0 Å². The molecule has 3 nitrogen and oxygen atoms in total. The number of hydrogen-bond donors (Lipinski definition) is 2. The standard InChI is InChI=1S/C10H16N2OS/c1-10(2)3-6(5-11)8-7(4-10)12-9(13)14-8/h6H,3-5,11H2,1-2H3,(H,12,13). The van der Waals surface area contributed by atoms with Crippen LogP contribution in [0.3, 0.4) is 0 Å². The molecule has 78 valence electrons. The molecule has 1 aromatic rings. The molecule has 0 aromatic carbocycles. The first-order valence-corrected chi connectivity index (χ1v) is 5.75. The average Bonchev–Trinajstić information content (AvgIpc) is 2.41. The third-order valence-electron chi connectivity index (χ3n) is 2.86. The maximum absolute atomic E-state index is 11.3. The lowest BCUT2D eigenvalue weighted by Gasteiger charge is -2.33. The number of nitrogens with two attached hydrogens (primary N) is 1. The molecule has 1 aliphatic carbocycles. The van der Waals surface area contributed by atoms with Gasteiger partial charge in [0.2, 0.25) is 0 Å². The Labute approximate surface area is 87.3 Å². The van der Waals surface area contributed by atoms with Crippen molar-refractivity contribution in [1.29, 1.82) is 0 Å². The van der Waals surface area contributed by atoms with E-state index in [2.05, 4.69) is 18.8 Å². The van der Waals surface area contributed by atoms with Crippen LogP contribution in [0.4, 0.5) is 0 Å². The normalized spacial score (nSPS) is 24.6. The van der Waals surface area contributed by atoms with E-state index in [0.717, 1.165) is 18.5 Å². The molecule has 1 heterocycles. The fraction of sp³-hybridized carbons (Fsp3) is 0.700. The van der Waals surface area contributed by atoms with Gasteiger partial charge in [0.05, 0.1) is 0 Å². The highest BCUT2D eigenvalue weighted by atomic mass is 32.1. The van der Waals surface area contributed by atoms with Gasteiger partial charge in [-0.15, -0.1) is 0 Å². The second-order valence-electron chi connectivity index (χ2n) is 4.84. The Balaban J connectivity index is 2.45. The molecule has 0 fully saturated rings. The van der Waals surface area contributed by atoms with Crippen molar-refractivity contribution < 1.29 is 0 Å². The number of fused-ring (bicyclic) bond motifs is 1. The number of rotatable bonds is 1. The molecule has 4 heteroatoms. The minimum Gasteiger partial charge on any atom is -0.330 e. The maximum Gasteiger partial charge on any atom is 0.304 e. The molecule has 3 N–H and O–H groups in total. The molecule has 0 bridgehead atoms. The zero-order valence-electron chi connectivity index (χ0n) is 8.59. The summed E-state index contributed by atoms with van der Waals surface area (Å²) in [5.74, 6) is 0.373. The summed E-state index contributed by atoms with van der Waals surface area (Å²) in [4.78, 5) is 15.4. The average molecular weight is 212 g/mol. The van der Waals surface area contributed by atoms with E-state index in [1.54, 1.807) is 0 Å². The molecule has 0 amide bonds. The van der Waals surface area contributed by atoms with Gasteiger partial charge in [-0.25, -0.2) is 0 Å². The van der Waals surface area contributed by atoms with E-state index in [-0.39, 0.29) is 10.3 Å². The molecular formula is C10H16N2OS. The van der Waals surface area contributed by atoms with Crippen molar-refractivity contribution in [2.24, 2.45) is 11.1 Å². The molecule has 1 atom stereocenters. The third-order valence-corrected chi connectivity index (χ3v) is 3.95. The van der Waals surface area contributed by atoms with E-state index in [4.69, 9.17) is 5.73 Å². The van der Waals surface area contributed by atoms with E-state index in [1.165, 1.54) is 16.2 Å². The maximum atomic E-state index is 11.3. The number of aromatic amines is 1. The highest BCUT2D eigenvalue weighted by Gasteiger charge is 2.33. The van der Waals surface area contributed by atoms with Gasteiger partial charge in [-0.1, -0.05) is 25.2 Å². The minimum atomic E-state index is 0.0612. The summed E-state index contributed by atoms with van der Waals surface area (Å²) in [7, 11) is 0. The van der Waals surface area contributed by atoms with Crippen molar-refractivity contribution in [2.45, 2.75) is 32.6 Å². The highest BCUT2D eigenvalue weighted by Crippen LogP contribution is 2.41. The summed E-state index contributed by atoms with van der Waals surface area (Å²) in [6, 6.07) is 0. The van der Waals surface area contributed by atoms with Crippen LogP contribution in [0.5, 0.6) is 0 Å². The van der Waals surface area contributed by atoms with Gasteiger partial charge in [0.25, 0.3) is 0 Å². The first-order chi connectivity index (χ1) is 6.52. The Morgan fingerprint density at radius 1 is 1.64 bits per heavy atom. The van der Waals surface area contributed by atoms with E-state index in [9.17, 15) is 4.79 Å². The molecule has 1 aromatic heterocycles. The number of aromatic nitrogens is 1. The van der Waals surface area contributed by atoms with Gasteiger partial charge in [0.1, 0.15) is 0 Å². The molecule has 0 aliphatic heterocycles. The molecule has 1 aliphatic rings. The van der Waals surface area contributed by atoms with Crippen LogP contribution in [0.1, 0.15) is 36.8 Å². The number of H-pyrrole nitrogens is 1. The summed E-state index contributed by atoms with van der Waals surface area (Å²) in [5.41, 5.74) is 7.12. The third kappa shape index (κ3) is 1.64. The number of hydrogen-bond acceptors (Lipinski definition) is 3. The van der Waals surface area contributed by atoms with Crippen molar-refractivity contribution >= 4 is 11.3 Å². The SMILES string of the molecule is CC1(C)Cc2[nH]c(=O)sc2C(CN)C1. The highest BCUT2D eigenvalue weighted by molar-refractivity contribution is 7.09. The first kappa shape index (κ1) is 9.93. The van der Waals surface area contributed by atoms with Crippen molar-refractivity contribution in [2.75, 3.05) is 6.54 Å². The van der Waals surface area contributed by atoms with Gasteiger partial charge < -0.3 is 10.7 Å². The van der Waals surface area contributed by atoms with Gasteiger partial charge in [0.15, 0.2) is 0 Å². The van der Waals surface area contributed by atoms with Crippen LogP contribution in [0, 0.1) is 5.41 Å². The zero-order valence-corrected chi connectivity index (χ0v) is 9.41. The van der Waals surface area contributed by atoms with Crippen molar-refractivity contribution in [3.8, 4) is 0 Å². The van der Waals surface area contributed by atoms with Crippen LogP contribution in [0.15, 0.2) is 4.79 Å². The molecule has 0 spiro atoms. The largest absolute Gasteiger partial charge is 0.330 e. The Morgan fingerprint density at radius 3 is 3.00 bits per heavy atom. The lowest BCUT2D eigenvalue weighted by atomic mass is 9.74. The van der Waals surface area contributed by atoms with Gasteiger partial charge in [-0.3, -0.25) is 4.79 Å². The summed E-state index contributed by atoms with van der Waals surface area (Å²) >= 11 is 1.33. The Morgan fingerprint density at radius 2 is 2.36 bits per heavy atom. The summed E-state index contributed by atoms with van der Waals surface area (Å²) in [5, 5.41) is 0. The topological polar surface area (TPSA) is 58.9 Å². The Bertz CT molecular complexity index is 391. The Hall–Kier alpha value is -0.610. The second-order valence-corrected chi connectivity index (χ2v) is 5.85. The molecule has 1 unspecified atom stereocenters. The monoisotopic (exact) mass is 212 g/mol. The molecule has 0 radical (unpaired) electrons. The molecule has 14 heavy (non-hydrogen) atoms. The van der Waals surface area contributed by atoms with Gasteiger partial charge in [-0.05, 0) is 18.3 Å². The van der Waals surface area contributed by atoms with Crippen LogP contribution in [-0.4, -0.2) is 11.5 Å². The summed E-state index contributed by atoms with van der Waals surface area (Å²) < 4.78 is 0. The molecule has 0 saturated heterocycles. The molecular weight excluding hydrogens is 196 g/mol. The van der Waals surface area contributed by atoms with E-state index in [0.29, 0.717) is 12.5 Å². The van der Waals surface area contributed by atoms with E-state index < -0.39 is 0 Å². The quantitative estimate of drug-likeness (QED) is 0.740. The van der Waals surface area contributed by atoms with Crippen LogP contribution in [0.2, 0.25) is 0 Å². The fourth-order valence-electron chi connectivity index (χ4n) is 2.33. The van der Waals surface area contributed by atoms with Crippen LogP contribution in [0.25, 0.3) is 0 Å². The van der Waals surface area contributed by atoms with Crippen molar-refractivity contribution in [1.82, 2.24) is 4.98 Å². The number of nitrogens with one attached hydrogen (secondary N) is 1. The summed E-state index contributed by atoms with van der Waals surface area (Å²) in [6.45, 7) is 5.10. The zero-order chi connectivity index (χ0) is 10.3. The minimum absolute atomic E-state index is 0.0612. The predicted molar refractivity (Wildman–Crippen MR) is 58.8 cm³/mol. The van der Waals surface area contributed by atoms with E-state index in [1.807, 2.05) is 0 Å². The lowest BCUT2D eigenvalue weighted by Crippen LogP contribution is -2.28. The van der Waals surface area contributed by atoms with Gasteiger partial charge >= 0.3 is 4.87 Å². The van der Waals surface area contributed by atoms with Crippen LogP contribution >= 0.6 is 11.3 Å². The van der Waals surface area contributed by atoms with Crippen molar-refractivity contribution in [3.63, 3.8) is 0 Å². The molecule has 0 saturated carbocycles. The molecule has 2 rings (SSSR count). The van der Waals surface area contributed by atoms with Crippen LogP contribution in [-0.2, 0) is 6.42 Å². The predicted octanol–water partition coefficient (Wildman–Crippen LogP) is 1.45. The first-order valence-electron chi connectivity index (χ1n) is 4.94. The number of thiazole rings is 1. The Kier molecular flexibility index (Phi) is 2.27. The summed E-state index contributed by atoms with van der Waals surface area (Å²) in [6.07, 6.45) is 2.06. The lowest BCUT2D eigenvalue weighted by molar-refractivity contribution is 0.282. The second kappa shape index (κ2) is 3.21. The smallest absolute Gasteiger partial charge is 0.304 e. The fourth-order valence-corrected chi connectivity index (χ4v) is 3.30. The van der Waals surface area contributed by atoms with Gasteiger partial charge in [-0.2, -0.15) is 0 Å². The van der Waals surface area contributed by atoms with Crippen LogP contribution < -0.4 is 10.6 Å². The van der Waals surface area contributed by atoms with Crippen molar-refractivity contribution in [3.05, 3.63) is 20.2 Å². The van der Waals surface area contributed by atoms with Gasteiger partial charge in [0, 0.05) is 23.0 Å².